The summed E-state index contributed by atoms with van der Waals surface area (Å²) in [5.74, 6) is -0.781. The fourth-order valence-corrected chi connectivity index (χ4v) is 1.73. The van der Waals surface area contributed by atoms with Gasteiger partial charge in [0.25, 0.3) is 0 Å². The molecule has 0 atom stereocenters. The number of benzene rings is 1. The van der Waals surface area contributed by atoms with Crippen molar-refractivity contribution < 1.29 is 9.90 Å². The predicted octanol–water partition coefficient (Wildman–Crippen LogP) is 2.20. The van der Waals surface area contributed by atoms with Gasteiger partial charge in [-0.25, -0.2) is 4.68 Å². The Morgan fingerprint density at radius 1 is 1.41 bits per heavy atom. The van der Waals surface area contributed by atoms with Crippen LogP contribution in [0.15, 0.2) is 36.7 Å². The molecule has 1 aromatic heterocycles. The molecule has 2 aromatic rings. The molecule has 0 saturated heterocycles. The average Bonchev–Trinajstić information content (AvgIpc) is 2.73. The van der Waals surface area contributed by atoms with Crippen LogP contribution in [0.1, 0.15) is 17.5 Å². The zero-order chi connectivity index (χ0) is 12.3. The predicted molar refractivity (Wildman–Crippen MR) is 64.3 cm³/mol. The number of carbonyl (C=O) groups is 1. The third-order valence-electron chi connectivity index (χ3n) is 2.56. The maximum absolute atomic E-state index is 10.6. The Morgan fingerprint density at radius 2 is 2.18 bits per heavy atom. The molecule has 0 aliphatic heterocycles. The second-order valence-corrected chi connectivity index (χ2v) is 3.98. The van der Waals surface area contributed by atoms with Crippen molar-refractivity contribution in [2.75, 3.05) is 0 Å². The lowest BCUT2D eigenvalue weighted by Crippen LogP contribution is -2.03. The number of aryl methyl sites for hydroxylation is 2. The summed E-state index contributed by atoms with van der Waals surface area (Å²) in [6.07, 6.45) is 4.37. The van der Waals surface area contributed by atoms with E-state index in [0.29, 0.717) is 6.42 Å². The maximum atomic E-state index is 10.6. The van der Waals surface area contributed by atoms with Crippen LogP contribution in [0, 0.1) is 6.92 Å². The summed E-state index contributed by atoms with van der Waals surface area (Å²) in [5, 5.41) is 13.0. The number of nitrogens with zero attached hydrogens (tertiary/aromatic N) is 2. The summed E-state index contributed by atoms with van der Waals surface area (Å²) in [5.41, 5.74) is 3.03. The molecule has 1 aromatic carbocycles. The van der Waals surface area contributed by atoms with E-state index in [9.17, 15) is 4.79 Å². The highest BCUT2D eigenvalue weighted by molar-refractivity contribution is 5.67. The highest BCUT2D eigenvalue weighted by Gasteiger charge is 2.06. The normalized spacial score (nSPS) is 10.4. The van der Waals surface area contributed by atoms with E-state index in [0.717, 1.165) is 16.8 Å². The van der Waals surface area contributed by atoms with Crippen molar-refractivity contribution in [2.24, 2.45) is 0 Å². The number of hydrogen-bond acceptors (Lipinski definition) is 2. The Morgan fingerprint density at radius 3 is 2.82 bits per heavy atom. The van der Waals surface area contributed by atoms with Crippen molar-refractivity contribution in [3.63, 3.8) is 0 Å². The largest absolute Gasteiger partial charge is 0.481 e. The Balaban J connectivity index is 2.30. The first-order valence-corrected chi connectivity index (χ1v) is 5.48. The lowest BCUT2D eigenvalue weighted by atomic mass is 10.1. The summed E-state index contributed by atoms with van der Waals surface area (Å²) in [4.78, 5) is 10.6. The van der Waals surface area contributed by atoms with Crippen LogP contribution in [0.5, 0.6) is 0 Å². The fraction of sp³-hybridized carbons (Fsp3) is 0.231. The van der Waals surface area contributed by atoms with E-state index >= 15 is 0 Å². The molecule has 0 spiro atoms. The third-order valence-corrected chi connectivity index (χ3v) is 2.56. The van der Waals surface area contributed by atoms with Gasteiger partial charge in [-0.2, -0.15) is 5.10 Å². The van der Waals surface area contributed by atoms with E-state index in [-0.39, 0.29) is 6.42 Å². The molecule has 0 aliphatic rings. The standard InChI is InChI=1S/C13H14N2O2/c1-10-8-14-15(9-10)12-5-3-2-4-11(12)6-7-13(16)17/h2-5,8-9H,6-7H2,1H3,(H,16,17). The smallest absolute Gasteiger partial charge is 0.303 e. The van der Waals surface area contributed by atoms with E-state index in [4.69, 9.17) is 5.11 Å². The van der Waals surface area contributed by atoms with Crippen LogP contribution in [0.2, 0.25) is 0 Å². The highest BCUT2D eigenvalue weighted by Crippen LogP contribution is 2.16. The lowest BCUT2D eigenvalue weighted by Gasteiger charge is -2.08. The van der Waals surface area contributed by atoms with Gasteiger partial charge in [0.15, 0.2) is 0 Å². The summed E-state index contributed by atoms with van der Waals surface area (Å²) in [6, 6.07) is 7.73. The van der Waals surface area contributed by atoms with Crippen molar-refractivity contribution in [2.45, 2.75) is 19.8 Å². The first kappa shape index (κ1) is 11.4. The molecule has 0 fully saturated rings. The molecule has 0 saturated carbocycles. The quantitative estimate of drug-likeness (QED) is 0.876. The number of aromatic nitrogens is 2. The zero-order valence-electron chi connectivity index (χ0n) is 9.63. The van der Waals surface area contributed by atoms with Crippen molar-refractivity contribution in [1.82, 2.24) is 9.78 Å². The number of rotatable bonds is 4. The monoisotopic (exact) mass is 230 g/mol. The number of aliphatic carboxylic acids is 1. The zero-order valence-corrected chi connectivity index (χ0v) is 9.63. The number of hydrogen-bond donors (Lipinski definition) is 1. The van der Waals surface area contributed by atoms with Crippen molar-refractivity contribution in [1.29, 1.82) is 0 Å². The minimum Gasteiger partial charge on any atom is -0.481 e. The van der Waals surface area contributed by atoms with Gasteiger partial charge in [0.2, 0.25) is 0 Å². The van der Waals surface area contributed by atoms with E-state index in [1.807, 2.05) is 37.4 Å². The van der Waals surface area contributed by atoms with Crippen molar-refractivity contribution in [3.8, 4) is 5.69 Å². The van der Waals surface area contributed by atoms with Crippen LogP contribution in [-0.2, 0) is 11.2 Å². The first-order chi connectivity index (χ1) is 8.16. The van der Waals surface area contributed by atoms with Gasteiger partial charge in [0.1, 0.15) is 0 Å². The van der Waals surface area contributed by atoms with Gasteiger partial charge in [0, 0.05) is 12.6 Å². The topological polar surface area (TPSA) is 55.1 Å². The Kier molecular flexibility index (Phi) is 3.23. The molecular weight excluding hydrogens is 216 g/mol. The van der Waals surface area contributed by atoms with Gasteiger partial charge < -0.3 is 5.11 Å². The molecule has 4 heteroatoms. The molecule has 2 rings (SSSR count). The second-order valence-electron chi connectivity index (χ2n) is 3.98. The van der Waals surface area contributed by atoms with E-state index in [1.165, 1.54) is 0 Å². The van der Waals surface area contributed by atoms with E-state index in [2.05, 4.69) is 5.10 Å². The molecule has 0 bridgehead atoms. The number of carboxylic acid groups (broad SMARTS) is 1. The highest BCUT2D eigenvalue weighted by atomic mass is 16.4. The van der Waals surface area contributed by atoms with Crippen LogP contribution in [-0.4, -0.2) is 20.9 Å². The number of para-hydroxylation sites is 1. The van der Waals surface area contributed by atoms with Crippen LogP contribution in [0.3, 0.4) is 0 Å². The van der Waals surface area contributed by atoms with Crippen LogP contribution >= 0.6 is 0 Å². The molecule has 0 amide bonds. The summed E-state index contributed by atoms with van der Waals surface area (Å²) in [7, 11) is 0. The molecular formula is C13H14N2O2. The van der Waals surface area contributed by atoms with Gasteiger partial charge in [-0.05, 0) is 30.5 Å². The Labute approximate surface area is 99.5 Å². The van der Waals surface area contributed by atoms with E-state index < -0.39 is 5.97 Å². The number of carboxylic acids is 1. The van der Waals surface area contributed by atoms with Crippen LogP contribution in [0.4, 0.5) is 0 Å². The van der Waals surface area contributed by atoms with Crippen molar-refractivity contribution >= 4 is 5.97 Å². The Bertz CT molecular complexity index is 532. The molecule has 1 N–H and O–H groups in total. The summed E-state index contributed by atoms with van der Waals surface area (Å²) in [6.45, 7) is 1.98. The van der Waals surface area contributed by atoms with Crippen LogP contribution < -0.4 is 0 Å². The summed E-state index contributed by atoms with van der Waals surface area (Å²) < 4.78 is 1.78. The van der Waals surface area contributed by atoms with E-state index in [1.54, 1.807) is 10.9 Å². The van der Waals surface area contributed by atoms with Gasteiger partial charge in [0.05, 0.1) is 11.9 Å². The fourth-order valence-electron chi connectivity index (χ4n) is 1.73. The van der Waals surface area contributed by atoms with Crippen LogP contribution in [0.25, 0.3) is 5.69 Å². The SMILES string of the molecule is Cc1cnn(-c2ccccc2CCC(=O)O)c1. The van der Waals surface area contributed by atoms with Crippen molar-refractivity contribution in [3.05, 3.63) is 47.8 Å². The lowest BCUT2D eigenvalue weighted by molar-refractivity contribution is -0.136. The molecule has 0 aliphatic carbocycles. The molecule has 4 nitrogen and oxygen atoms in total. The second kappa shape index (κ2) is 4.82. The molecule has 88 valence electrons. The molecule has 0 radical (unpaired) electrons. The first-order valence-electron chi connectivity index (χ1n) is 5.48. The van der Waals surface area contributed by atoms with Gasteiger partial charge in [-0.15, -0.1) is 0 Å². The Hall–Kier alpha value is -2.10. The maximum Gasteiger partial charge on any atom is 0.303 e. The summed E-state index contributed by atoms with van der Waals surface area (Å²) >= 11 is 0. The van der Waals surface area contributed by atoms with Gasteiger partial charge in [-0.3, -0.25) is 4.79 Å². The van der Waals surface area contributed by atoms with Gasteiger partial charge >= 0.3 is 5.97 Å². The van der Waals surface area contributed by atoms with Gasteiger partial charge in [-0.1, -0.05) is 18.2 Å². The third kappa shape index (κ3) is 2.72. The average molecular weight is 230 g/mol. The minimum absolute atomic E-state index is 0.136. The minimum atomic E-state index is -0.781. The molecule has 0 unspecified atom stereocenters. The molecule has 1 heterocycles. The molecule has 17 heavy (non-hydrogen) atoms.